The number of ether oxygens (including phenoxy) is 2. The highest BCUT2D eigenvalue weighted by Gasteiger charge is 2.39. The third-order valence-electron chi connectivity index (χ3n) is 3.04. The Labute approximate surface area is 114 Å². The Balaban J connectivity index is 2.18. The summed E-state index contributed by atoms with van der Waals surface area (Å²) < 4.78 is 9.71. The Morgan fingerprint density at radius 1 is 1.37 bits per heavy atom. The highest BCUT2D eigenvalue weighted by molar-refractivity contribution is 5.75. The maximum Gasteiger partial charge on any atom is 0.407 e. The van der Waals surface area contributed by atoms with E-state index in [-0.39, 0.29) is 5.97 Å². The normalized spacial score (nSPS) is 23.4. The molecule has 0 aromatic heterocycles. The van der Waals surface area contributed by atoms with Gasteiger partial charge < -0.3 is 20.5 Å². The molecule has 0 aromatic rings. The lowest BCUT2D eigenvalue weighted by molar-refractivity contribution is -0.142. The lowest BCUT2D eigenvalue weighted by atomic mass is 10.1. The van der Waals surface area contributed by atoms with Crippen molar-refractivity contribution >= 4 is 12.1 Å². The van der Waals surface area contributed by atoms with Crippen LogP contribution in [0.5, 0.6) is 0 Å². The number of amides is 1. The predicted molar refractivity (Wildman–Crippen MR) is 70.4 cm³/mol. The van der Waals surface area contributed by atoms with Gasteiger partial charge in [-0.25, -0.2) is 4.79 Å². The van der Waals surface area contributed by atoms with Gasteiger partial charge in [0, 0.05) is 6.54 Å². The summed E-state index contributed by atoms with van der Waals surface area (Å²) in [5.41, 5.74) is 5.20. The van der Waals surface area contributed by atoms with Gasteiger partial charge in [0.05, 0.1) is 7.11 Å². The highest BCUT2D eigenvalue weighted by atomic mass is 16.6. The van der Waals surface area contributed by atoms with Gasteiger partial charge in [0.1, 0.15) is 11.6 Å². The molecule has 1 rings (SSSR count). The number of hydrogen-bond acceptors (Lipinski definition) is 5. The quantitative estimate of drug-likeness (QED) is 0.730. The van der Waals surface area contributed by atoms with Crippen LogP contribution in [0.1, 0.15) is 33.6 Å². The van der Waals surface area contributed by atoms with E-state index in [0.717, 1.165) is 6.42 Å². The van der Waals surface area contributed by atoms with E-state index in [1.807, 2.05) is 20.8 Å². The second-order valence-corrected chi connectivity index (χ2v) is 6.00. The van der Waals surface area contributed by atoms with Gasteiger partial charge in [0.15, 0.2) is 0 Å². The molecule has 0 heterocycles. The zero-order chi connectivity index (χ0) is 14.6. The fourth-order valence-corrected chi connectivity index (χ4v) is 1.95. The lowest BCUT2D eigenvalue weighted by Crippen LogP contribution is -2.34. The van der Waals surface area contributed by atoms with Crippen molar-refractivity contribution in [1.82, 2.24) is 5.32 Å². The molecule has 0 saturated heterocycles. The molecule has 0 spiro atoms. The van der Waals surface area contributed by atoms with Crippen LogP contribution in [0.2, 0.25) is 0 Å². The Kier molecular flexibility index (Phi) is 5.17. The van der Waals surface area contributed by atoms with Crippen molar-refractivity contribution in [2.45, 2.75) is 45.3 Å². The minimum absolute atomic E-state index is 0.378. The van der Waals surface area contributed by atoms with Crippen molar-refractivity contribution < 1.29 is 19.1 Å². The zero-order valence-electron chi connectivity index (χ0n) is 12.1. The number of alkyl carbamates (subject to hydrolysis) is 1. The Hall–Kier alpha value is -1.30. The first-order valence-electron chi connectivity index (χ1n) is 6.53. The van der Waals surface area contributed by atoms with Crippen LogP contribution in [0.3, 0.4) is 0 Å². The topological polar surface area (TPSA) is 90.6 Å². The first-order chi connectivity index (χ1) is 8.73. The second-order valence-electron chi connectivity index (χ2n) is 6.00. The number of esters is 1. The van der Waals surface area contributed by atoms with Crippen molar-refractivity contribution in [2.75, 3.05) is 13.7 Å². The predicted octanol–water partition coefficient (Wildman–Crippen LogP) is 1.04. The monoisotopic (exact) mass is 272 g/mol. The summed E-state index contributed by atoms with van der Waals surface area (Å²) in [5.74, 6) is 0.373. The van der Waals surface area contributed by atoms with Crippen LogP contribution in [0, 0.1) is 11.8 Å². The van der Waals surface area contributed by atoms with E-state index in [2.05, 4.69) is 10.1 Å². The average Bonchev–Trinajstić information content (AvgIpc) is 3.01. The first kappa shape index (κ1) is 15.8. The molecular weight excluding hydrogens is 248 g/mol. The van der Waals surface area contributed by atoms with E-state index < -0.39 is 17.7 Å². The molecule has 1 aliphatic rings. The average molecular weight is 272 g/mol. The van der Waals surface area contributed by atoms with Gasteiger partial charge in [0.25, 0.3) is 0 Å². The number of hydrogen-bond donors (Lipinski definition) is 2. The van der Waals surface area contributed by atoms with Crippen molar-refractivity contribution in [3.63, 3.8) is 0 Å². The van der Waals surface area contributed by atoms with Gasteiger partial charge >= 0.3 is 12.1 Å². The minimum atomic E-state index is -0.568. The minimum Gasteiger partial charge on any atom is -0.468 e. The molecule has 1 aliphatic carbocycles. The second kappa shape index (κ2) is 6.23. The van der Waals surface area contributed by atoms with E-state index in [1.165, 1.54) is 7.11 Å². The van der Waals surface area contributed by atoms with Crippen LogP contribution in [0.15, 0.2) is 0 Å². The van der Waals surface area contributed by atoms with Crippen molar-refractivity contribution in [3.05, 3.63) is 0 Å². The highest BCUT2D eigenvalue weighted by Crippen LogP contribution is 2.41. The molecule has 6 nitrogen and oxygen atoms in total. The summed E-state index contributed by atoms with van der Waals surface area (Å²) in [6, 6.07) is -0.568. The van der Waals surface area contributed by atoms with Crippen molar-refractivity contribution in [2.24, 2.45) is 17.6 Å². The van der Waals surface area contributed by atoms with E-state index >= 15 is 0 Å². The smallest absolute Gasteiger partial charge is 0.407 e. The third kappa shape index (κ3) is 5.92. The Morgan fingerprint density at radius 3 is 2.53 bits per heavy atom. The van der Waals surface area contributed by atoms with Crippen LogP contribution < -0.4 is 11.1 Å². The van der Waals surface area contributed by atoms with E-state index in [9.17, 15) is 9.59 Å². The number of methoxy groups -OCH3 is 1. The lowest BCUT2D eigenvalue weighted by Gasteiger charge is -2.19. The Morgan fingerprint density at radius 2 is 2.00 bits per heavy atom. The molecule has 0 radical (unpaired) electrons. The van der Waals surface area contributed by atoms with E-state index in [1.54, 1.807) is 0 Å². The van der Waals surface area contributed by atoms with Crippen LogP contribution >= 0.6 is 0 Å². The molecule has 0 aliphatic heterocycles. The summed E-state index contributed by atoms with van der Waals surface area (Å²) in [6.07, 6.45) is 1.17. The van der Waals surface area contributed by atoms with Crippen molar-refractivity contribution in [3.8, 4) is 0 Å². The number of carbonyl (C=O) groups excluding carboxylic acids is 2. The summed E-state index contributed by atoms with van der Waals surface area (Å²) in [6.45, 7) is 6.03. The van der Waals surface area contributed by atoms with Crippen molar-refractivity contribution in [1.29, 1.82) is 0 Å². The molecule has 3 N–H and O–H groups in total. The number of carbonyl (C=O) groups is 2. The van der Waals surface area contributed by atoms with E-state index in [4.69, 9.17) is 10.5 Å². The molecule has 0 bridgehead atoms. The van der Waals surface area contributed by atoms with Crippen LogP contribution in [0.4, 0.5) is 4.79 Å². The largest absolute Gasteiger partial charge is 0.468 e. The van der Waals surface area contributed by atoms with Gasteiger partial charge in [0.2, 0.25) is 0 Å². The Bertz CT molecular complexity index is 338. The zero-order valence-corrected chi connectivity index (χ0v) is 12.1. The van der Waals surface area contributed by atoms with Gasteiger partial charge in [-0.3, -0.25) is 4.79 Å². The fraction of sp³-hybridized carbons (Fsp3) is 0.846. The standard InChI is InChI=1S/C13H24N2O4/c1-13(2,3)19-12(17)15-7-9-5-8(9)6-10(14)11(16)18-4/h8-10H,5-7,14H2,1-4H3,(H,15,17)/t8-,9-,10+/m1/s1. The maximum atomic E-state index is 11.4. The molecule has 6 heteroatoms. The maximum absolute atomic E-state index is 11.4. The summed E-state index contributed by atoms with van der Waals surface area (Å²) >= 11 is 0. The summed E-state index contributed by atoms with van der Waals surface area (Å²) in [4.78, 5) is 22.6. The van der Waals surface area contributed by atoms with E-state index in [0.29, 0.717) is 24.8 Å². The molecule has 3 atom stereocenters. The van der Waals surface area contributed by atoms with Gasteiger partial charge in [-0.05, 0) is 45.4 Å². The van der Waals surface area contributed by atoms with Gasteiger partial charge in [-0.2, -0.15) is 0 Å². The molecule has 0 unspecified atom stereocenters. The number of rotatable bonds is 5. The van der Waals surface area contributed by atoms with Gasteiger partial charge in [-0.1, -0.05) is 0 Å². The summed E-state index contributed by atoms with van der Waals surface area (Å²) in [5, 5.41) is 2.73. The molecule has 1 saturated carbocycles. The number of nitrogens with two attached hydrogens (primary N) is 1. The molecule has 1 amide bonds. The number of nitrogens with one attached hydrogen (secondary N) is 1. The third-order valence-corrected chi connectivity index (χ3v) is 3.04. The fourth-order valence-electron chi connectivity index (χ4n) is 1.95. The van der Waals surface area contributed by atoms with Gasteiger partial charge in [-0.15, -0.1) is 0 Å². The van der Waals surface area contributed by atoms with Crippen LogP contribution in [0.25, 0.3) is 0 Å². The van der Waals surface area contributed by atoms with Crippen LogP contribution in [-0.4, -0.2) is 37.4 Å². The molecule has 1 fully saturated rings. The first-order valence-corrected chi connectivity index (χ1v) is 6.53. The SMILES string of the molecule is COC(=O)[C@@H](N)C[C@H]1C[C@@H]1CNC(=O)OC(C)(C)C. The molecule has 19 heavy (non-hydrogen) atoms. The molecular formula is C13H24N2O4. The summed E-state index contributed by atoms with van der Waals surface area (Å²) in [7, 11) is 1.33. The molecule has 0 aromatic carbocycles. The molecule has 110 valence electrons. The van der Waals surface area contributed by atoms with Crippen LogP contribution in [-0.2, 0) is 14.3 Å².